The molecule has 2 aromatic rings. The standard InChI is InChI=1S/C13H12ClN5O/c1-2-7-16-12-17-11(14)18-13(19-12)20-10-5-3-9(8-15)4-6-10/h3-6H,2,7H2,1H3,(H,16,17,18,19). The first-order valence-electron chi connectivity index (χ1n) is 6.04. The zero-order chi connectivity index (χ0) is 14.4. The van der Waals surface area contributed by atoms with Gasteiger partial charge in [0, 0.05) is 6.54 Å². The third-order valence-corrected chi connectivity index (χ3v) is 2.48. The molecule has 1 N–H and O–H groups in total. The maximum atomic E-state index is 8.72. The summed E-state index contributed by atoms with van der Waals surface area (Å²) >= 11 is 5.82. The number of ether oxygens (including phenoxy) is 1. The minimum Gasteiger partial charge on any atom is -0.424 e. The molecule has 1 aromatic carbocycles. The third kappa shape index (κ3) is 3.80. The van der Waals surface area contributed by atoms with Crippen LogP contribution in [0.15, 0.2) is 24.3 Å². The number of anilines is 1. The fourth-order valence-electron chi connectivity index (χ4n) is 1.40. The molecule has 0 aliphatic heterocycles. The highest BCUT2D eigenvalue weighted by Gasteiger charge is 2.07. The number of hydrogen-bond donors (Lipinski definition) is 1. The first-order chi connectivity index (χ1) is 9.71. The van der Waals surface area contributed by atoms with Crippen LogP contribution in [0.2, 0.25) is 5.28 Å². The summed E-state index contributed by atoms with van der Waals surface area (Å²) in [5.41, 5.74) is 0.552. The fraction of sp³-hybridized carbons (Fsp3) is 0.231. The van der Waals surface area contributed by atoms with Crippen LogP contribution in [0, 0.1) is 11.3 Å². The van der Waals surface area contributed by atoms with E-state index >= 15 is 0 Å². The highest BCUT2D eigenvalue weighted by molar-refractivity contribution is 6.28. The van der Waals surface area contributed by atoms with Crippen LogP contribution in [0.4, 0.5) is 5.95 Å². The Balaban J connectivity index is 2.15. The van der Waals surface area contributed by atoms with Crippen LogP contribution in [0.25, 0.3) is 0 Å². The second-order valence-corrected chi connectivity index (χ2v) is 4.21. The maximum Gasteiger partial charge on any atom is 0.328 e. The summed E-state index contributed by atoms with van der Waals surface area (Å²) in [6.07, 6.45) is 0.940. The van der Waals surface area contributed by atoms with E-state index in [2.05, 4.69) is 20.3 Å². The summed E-state index contributed by atoms with van der Waals surface area (Å²) in [6, 6.07) is 8.76. The number of nitriles is 1. The molecule has 0 spiro atoms. The zero-order valence-electron chi connectivity index (χ0n) is 10.8. The van der Waals surface area contributed by atoms with Crippen LogP contribution in [0.3, 0.4) is 0 Å². The van der Waals surface area contributed by atoms with Crippen LogP contribution in [0.1, 0.15) is 18.9 Å². The van der Waals surface area contributed by atoms with E-state index in [1.54, 1.807) is 24.3 Å². The van der Waals surface area contributed by atoms with E-state index in [-0.39, 0.29) is 11.3 Å². The van der Waals surface area contributed by atoms with Gasteiger partial charge in [-0.25, -0.2) is 0 Å². The number of rotatable bonds is 5. The average Bonchev–Trinajstić information content (AvgIpc) is 2.45. The van der Waals surface area contributed by atoms with Crippen LogP contribution in [0.5, 0.6) is 11.8 Å². The van der Waals surface area contributed by atoms with Crippen molar-refractivity contribution < 1.29 is 4.74 Å². The number of aromatic nitrogens is 3. The van der Waals surface area contributed by atoms with E-state index in [1.807, 2.05) is 13.0 Å². The molecule has 0 saturated heterocycles. The van der Waals surface area contributed by atoms with Crippen molar-refractivity contribution in [1.29, 1.82) is 5.26 Å². The Hall–Kier alpha value is -2.39. The quantitative estimate of drug-likeness (QED) is 0.911. The van der Waals surface area contributed by atoms with Gasteiger partial charge in [0.2, 0.25) is 11.2 Å². The van der Waals surface area contributed by atoms with Crippen molar-refractivity contribution in [2.45, 2.75) is 13.3 Å². The van der Waals surface area contributed by atoms with Gasteiger partial charge in [-0.05, 0) is 42.3 Å². The monoisotopic (exact) mass is 289 g/mol. The molecule has 0 unspecified atom stereocenters. The molecule has 0 aliphatic carbocycles. The van der Waals surface area contributed by atoms with Crippen molar-refractivity contribution in [3.8, 4) is 17.8 Å². The van der Waals surface area contributed by atoms with Gasteiger partial charge >= 0.3 is 6.01 Å². The molecule has 6 nitrogen and oxygen atoms in total. The van der Waals surface area contributed by atoms with Crippen molar-refractivity contribution in [2.24, 2.45) is 0 Å². The van der Waals surface area contributed by atoms with Crippen LogP contribution >= 0.6 is 11.6 Å². The van der Waals surface area contributed by atoms with Crippen molar-refractivity contribution in [2.75, 3.05) is 11.9 Å². The van der Waals surface area contributed by atoms with E-state index in [9.17, 15) is 0 Å². The Labute approximate surface area is 121 Å². The number of halogens is 1. The smallest absolute Gasteiger partial charge is 0.328 e. The van der Waals surface area contributed by atoms with Gasteiger partial charge in [-0.15, -0.1) is 0 Å². The predicted octanol–water partition coefficient (Wildman–Crippen LogP) is 3.01. The van der Waals surface area contributed by atoms with E-state index in [0.717, 1.165) is 13.0 Å². The Morgan fingerprint density at radius 2 is 2.00 bits per heavy atom. The number of nitrogens with zero attached hydrogens (tertiary/aromatic N) is 4. The predicted molar refractivity (Wildman–Crippen MR) is 74.8 cm³/mol. The Kier molecular flexibility index (Phi) is 4.69. The van der Waals surface area contributed by atoms with Crippen molar-refractivity contribution >= 4 is 17.5 Å². The van der Waals surface area contributed by atoms with Crippen molar-refractivity contribution in [3.63, 3.8) is 0 Å². The lowest BCUT2D eigenvalue weighted by molar-refractivity contribution is 0.440. The molecule has 0 amide bonds. The van der Waals surface area contributed by atoms with Gasteiger partial charge in [0.25, 0.3) is 0 Å². The fourth-order valence-corrected chi connectivity index (χ4v) is 1.55. The number of hydrogen-bond acceptors (Lipinski definition) is 6. The van der Waals surface area contributed by atoms with Gasteiger partial charge in [-0.1, -0.05) is 6.92 Å². The van der Waals surface area contributed by atoms with Gasteiger partial charge in [0.15, 0.2) is 0 Å². The van der Waals surface area contributed by atoms with Crippen LogP contribution in [-0.4, -0.2) is 21.5 Å². The molecule has 1 heterocycles. The molecule has 0 aliphatic rings. The zero-order valence-corrected chi connectivity index (χ0v) is 11.6. The molecule has 0 bridgehead atoms. The first-order valence-corrected chi connectivity index (χ1v) is 6.42. The minimum absolute atomic E-state index is 0.0576. The molecule has 0 atom stereocenters. The van der Waals surface area contributed by atoms with Crippen molar-refractivity contribution in [3.05, 3.63) is 35.1 Å². The van der Waals surface area contributed by atoms with Gasteiger partial charge < -0.3 is 10.1 Å². The maximum absolute atomic E-state index is 8.72. The summed E-state index contributed by atoms with van der Waals surface area (Å²) in [6.45, 7) is 2.76. The molecule has 0 radical (unpaired) electrons. The van der Waals surface area contributed by atoms with Gasteiger partial charge in [-0.2, -0.15) is 20.2 Å². The molecule has 7 heteroatoms. The average molecular weight is 290 g/mol. The van der Waals surface area contributed by atoms with Crippen LogP contribution < -0.4 is 10.1 Å². The van der Waals surface area contributed by atoms with Gasteiger partial charge in [0.05, 0.1) is 11.6 Å². The van der Waals surface area contributed by atoms with E-state index in [1.165, 1.54) is 0 Å². The Morgan fingerprint density at radius 3 is 2.65 bits per heavy atom. The molecule has 0 fully saturated rings. The highest BCUT2D eigenvalue weighted by Crippen LogP contribution is 2.20. The van der Waals surface area contributed by atoms with E-state index in [4.69, 9.17) is 21.6 Å². The summed E-state index contributed by atoms with van der Waals surface area (Å²) in [5, 5.41) is 11.8. The summed E-state index contributed by atoms with van der Waals surface area (Å²) in [7, 11) is 0. The molecule has 102 valence electrons. The second-order valence-electron chi connectivity index (χ2n) is 3.88. The minimum atomic E-state index is 0.0576. The Bertz CT molecular complexity index is 624. The third-order valence-electron chi connectivity index (χ3n) is 2.31. The molecular formula is C13H12ClN5O. The summed E-state index contributed by atoms with van der Waals surface area (Å²) in [4.78, 5) is 11.9. The molecular weight excluding hydrogens is 278 g/mol. The largest absolute Gasteiger partial charge is 0.424 e. The van der Waals surface area contributed by atoms with E-state index in [0.29, 0.717) is 17.3 Å². The Morgan fingerprint density at radius 1 is 1.25 bits per heavy atom. The second kappa shape index (κ2) is 6.68. The summed E-state index contributed by atoms with van der Waals surface area (Å²) < 4.78 is 5.48. The SMILES string of the molecule is CCCNc1nc(Cl)nc(Oc2ccc(C#N)cc2)n1. The molecule has 20 heavy (non-hydrogen) atoms. The topological polar surface area (TPSA) is 83.7 Å². The summed E-state index contributed by atoms with van der Waals surface area (Å²) in [5.74, 6) is 0.892. The number of benzene rings is 1. The molecule has 1 aromatic heterocycles. The lowest BCUT2D eigenvalue weighted by Crippen LogP contribution is -2.06. The van der Waals surface area contributed by atoms with Gasteiger partial charge in [-0.3, -0.25) is 0 Å². The lowest BCUT2D eigenvalue weighted by atomic mass is 10.2. The van der Waals surface area contributed by atoms with Crippen LogP contribution in [-0.2, 0) is 0 Å². The normalized spacial score (nSPS) is 9.85. The molecule has 0 saturated carbocycles. The first kappa shape index (κ1) is 14.0. The van der Waals surface area contributed by atoms with E-state index < -0.39 is 0 Å². The highest BCUT2D eigenvalue weighted by atomic mass is 35.5. The number of nitrogens with one attached hydrogen (secondary N) is 1. The van der Waals surface area contributed by atoms with Crippen molar-refractivity contribution in [1.82, 2.24) is 15.0 Å². The molecule has 2 rings (SSSR count). The van der Waals surface area contributed by atoms with Gasteiger partial charge in [0.1, 0.15) is 5.75 Å². The lowest BCUT2D eigenvalue weighted by Gasteiger charge is -2.06.